The lowest BCUT2D eigenvalue weighted by atomic mass is 10.3. The molecule has 2 N–H and O–H groups in total. The second-order valence-corrected chi connectivity index (χ2v) is 4.19. The van der Waals surface area contributed by atoms with E-state index in [9.17, 15) is 4.79 Å². The molecule has 0 radical (unpaired) electrons. The van der Waals surface area contributed by atoms with Gasteiger partial charge in [0.25, 0.3) is 5.91 Å². The topological polar surface area (TPSA) is 82.0 Å². The van der Waals surface area contributed by atoms with Gasteiger partial charge in [0, 0.05) is 33.5 Å². The van der Waals surface area contributed by atoms with Crippen LogP contribution in [-0.4, -0.2) is 37.2 Å². The van der Waals surface area contributed by atoms with E-state index in [0.717, 1.165) is 5.82 Å². The minimum absolute atomic E-state index is 0.171. The summed E-state index contributed by atoms with van der Waals surface area (Å²) in [6.45, 7) is 0.424. The van der Waals surface area contributed by atoms with Crippen LogP contribution in [0.2, 0.25) is 0 Å². The summed E-state index contributed by atoms with van der Waals surface area (Å²) >= 11 is 0. The third kappa shape index (κ3) is 2.06. The number of nitrogens with two attached hydrogens (primary N) is 1. The Kier molecular flexibility index (Phi) is 3.05. The number of rotatable bonds is 3. The first-order chi connectivity index (χ1) is 8.50. The zero-order chi connectivity index (χ0) is 13.3. The normalized spacial score (nSPS) is 10.6. The number of aryl methyl sites for hydroxylation is 2. The zero-order valence-electron chi connectivity index (χ0n) is 10.7. The summed E-state index contributed by atoms with van der Waals surface area (Å²) in [6.07, 6.45) is 5.01. The molecule has 0 unspecified atom stereocenters. The minimum Gasteiger partial charge on any atom is -0.396 e. The first kappa shape index (κ1) is 12.2. The van der Waals surface area contributed by atoms with Crippen molar-refractivity contribution in [2.24, 2.45) is 14.1 Å². The van der Waals surface area contributed by atoms with Crippen LogP contribution in [0.4, 0.5) is 5.69 Å². The fraction of sp³-hybridized carbons (Fsp3) is 0.364. The molecule has 96 valence electrons. The number of nitrogens with zero attached hydrogens (tertiary/aromatic N) is 5. The van der Waals surface area contributed by atoms with Crippen molar-refractivity contribution in [3.8, 4) is 0 Å². The maximum Gasteiger partial charge on any atom is 0.274 e. The predicted molar refractivity (Wildman–Crippen MR) is 66.6 cm³/mol. The molecule has 2 aromatic heterocycles. The van der Waals surface area contributed by atoms with Crippen molar-refractivity contribution in [3.05, 3.63) is 30.1 Å². The molecule has 18 heavy (non-hydrogen) atoms. The largest absolute Gasteiger partial charge is 0.396 e. The number of hydrogen-bond acceptors (Lipinski definition) is 4. The van der Waals surface area contributed by atoms with Gasteiger partial charge in [0.2, 0.25) is 0 Å². The number of nitrogen functional groups attached to an aromatic ring is 1. The molecule has 0 saturated heterocycles. The second kappa shape index (κ2) is 4.52. The highest BCUT2D eigenvalue weighted by Crippen LogP contribution is 2.13. The number of hydrogen-bond donors (Lipinski definition) is 1. The van der Waals surface area contributed by atoms with E-state index in [1.807, 2.05) is 17.8 Å². The highest BCUT2D eigenvalue weighted by atomic mass is 16.2. The molecule has 2 rings (SSSR count). The molecule has 1 amide bonds. The quantitative estimate of drug-likeness (QED) is 0.829. The lowest BCUT2D eigenvalue weighted by Gasteiger charge is -2.17. The van der Waals surface area contributed by atoms with E-state index in [0.29, 0.717) is 17.9 Å². The number of carbonyl (C=O) groups excluding carboxylic acids is 1. The van der Waals surface area contributed by atoms with E-state index < -0.39 is 0 Å². The van der Waals surface area contributed by atoms with Crippen molar-refractivity contribution < 1.29 is 4.79 Å². The van der Waals surface area contributed by atoms with Gasteiger partial charge < -0.3 is 15.2 Å². The number of anilines is 1. The van der Waals surface area contributed by atoms with Crippen LogP contribution in [0.15, 0.2) is 18.6 Å². The maximum atomic E-state index is 12.2. The van der Waals surface area contributed by atoms with E-state index in [1.165, 1.54) is 10.9 Å². The predicted octanol–water partition coefficient (Wildman–Crippen LogP) is 0.00800. The molecular weight excluding hydrogens is 232 g/mol. The van der Waals surface area contributed by atoms with Crippen LogP contribution < -0.4 is 5.73 Å². The number of aromatic nitrogens is 4. The summed E-state index contributed by atoms with van der Waals surface area (Å²) in [7, 11) is 5.29. The average molecular weight is 248 g/mol. The molecule has 0 aliphatic heterocycles. The molecule has 2 heterocycles. The molecule has 0 aliphatic rings. The molecule has 0 saturated carbocycles. The molecule has 0 bridgehead atoms. The zero-order valence-corrected chi connectivity index (χ0v) is 10.7. The third-order valence-electron chi connectivity index (χ3n) is 2.82. The number of carbonyl (C=O) groups is 1. The molecule has 0 atom stereocenters. The molecule has 0 aromatic carbocycles. The maximum absolute atomic E-state index is 12.2. The van der Waals surface area contributed by atoms with Gasteiger partial charge in [-0.15, -0.1) is 0 Å². The van der Waals surface area contributed by atoms with Crippen molar-refractivity contribution in [1.82, 2.24) is 24.2 Å². The van der Waals surface area contributed by atoms with Gasteiger partial charge in [-0.1, -0.05) is 0 Å². The summed E-state index contributed by atoms with van der Waals surface area (Å²) in [6, 6.07) is 0. The molecule has 0 fully saturated rings. The standard InChI is InChI=1S/C11H16N6O/c1-15-5-4-13-9(15)7-16(2)11(18)10-8(12)6-14-17(10)3/h4-6H,7,12H2,1-3H3. The fourth-order valence-electron chi connectivity index (χ4n) is 1.73. The van der Waals surface area contributed by atoms with E-state index in [2.05, 4.69) is 10.1 Å². The van der Waals surface area contributed by atoms with Crippen molar-refractivity contribution in [1.29, 1.82) is 0 Å². The van der Waals surface area contributed by atoms with Gasteiger partial charge >= 0.3 is 0 Å². The van der Waals surface area contributed by atoms with Gasteiger partial charge in [0.05, 0.1) is 18.4 Å². The van der Waals surface area contributed by atoms with E-state index >= 15 is 0 Å². The lowest BCUT2D eigenvalue weighted by Crippen LogP contribution is -2.29. The van der Waals surface area contributed by atoms with Crippen molar-refractivity contribution >= 4 is 11.6 Å². The first-order valence-electron chi connectivity index (χ1n) is 5.50. The Bertz CT molecular complexity index is 550. The Hall–Kier alpha value is -2.31. The van der Waals surface area contributed by atoms with Gasteiger partial charge in [-0.3, -0.25) is 9.48 Å². The molecule has 7 heteroatoms. The summed E-state index contributed by atoms with van der Waals surface area (Å²) in [5, 5.41) is 3.96. The number of amides is 1. The molecule has 2 aromatic rings. The van der Waals surface area contributed by atoms with Crippen LogP contribution in [0.5, 0.6) is 0 Å². The van der Waals surface area contributed by atoms with Crippen LogP contribution in [0.25, 0.3) is 0 Å². The highest BCUT2D eigenvalue weighted by molar-refractivity contribution is 5.97. The third-order valence-corrected chi connectivity index (χ3v) is 2.82. The van der Waals surface area contributed by atoms with Gasteiger partial charge in [0.15, 0.2) is 0 Å². The van der Waals surface area contributed by atoms with Crippen LogP contribution in [0.3, 0.4) is 0 Å². The summed E-state index contributed by atoms with van der Waals surface area (Å²) in [5.74, 6) is 0.641. The van der Waals surface area contributed by atoms with Gasteiger partial charge in [-0.05, 0) is 0 Å². The van der Waals surface area contributed by atoms with Crippen LogP contribution in [0.1, 0.15) is 16.3 Å². The van der Waals surface area contributed by atoms with Crippen molar-refractivity contribution in [2.45, 2.75) is 6.54 Å². The highest BCUT2D eigenvalue weighted by Gasteiger charge is 2.20. The van der Waals surface area contributed by atoms with E-state index in [1.54, 1.807) is 25.2 Å². The van der Waals surface area contributed by atoms with Crippen LogP contribution >= 0.6 is 0 Å². The molecular formula is C11H16N6O. The van der Waals surface area contributed by atoms with Crippen LogP contribution in [0, 0.1) is 0 Å². The summed E-state index contributed by atoms with van der Waals surface area (Å²) in [5.41, 5.74) is 6.51. The van der Waals surface area contributed by atoms with Crippen molar-refractivity contribution in [3.63, 3.8) is 0 Å². The molecule has 0 aliphatic carbocycles. The van der Waals surface area contributed by atoms with E-state index in [4.69, 9.17) is 5.73 Å². The number of imidazole rings is 1. The Morgan fingerprint density at radius 3 is 2.72 bits per heavy atom. The summed E-state index contributed by atoms with van der Waals surface area (Å²) in [4.78, 5) is 18.0. The Morgan fingerprint density at radius 1 is 1.50 bits per heavy atom. The average Bonchev–Trinajstić information content (AvgIpc) is 2.86. The first-order valence-corrected chi connectivity index (χ1v) is 5.50. The smallest absolute Gasteiger partial charge is 0.274 e. The van der Waals surface area contributed by atoms with Gasteiger partial charge in [-0.25, -0.2) is 4.98 Å². The minimum atomic E-state index is -0.171. The van der Waals surface area contributed by atoms with Gasteiger partial charge in [0.1, 0.15) is 11.5 Å². The van der Waals surface area contributed by atoms with Gasteiger partial charge in [-0.2, -0.15) is 5.10 Å². The second-order valence-electron chi connectivity index (χ2n) is 4.19. The lowest BCUT2D eigenvalue weighted by molar-refractivity contribution is 0.0770. The van der Waals surface area contributed by atoms with E-state index in [-0.39, 0.29) is 5.91 Å². The molecule has 7 nitrogen and oxygen atoms in total. The van der Waals surface area contributed by atoms with Crippen molar-refractivity contribution in [2.75, 3.05) is 12.8 Å². The monoisotopic (exact) mass is 248 g/mol. The Balaban J connectivity index is 2.17. The fourth-order valence-corrected chi connectivity index (χ4v) is 1.73. The SMILES string of the molecule is CN(Cc1nccn1C)C(=O)c1c(N)cnn1C. The Labute approximate surface area is 105 Å². The molecule has 0 spiro atoms. The Morgan fingerprint density at radius 2 is 2.22 bits per heavy atom. The van der Waals surface area contributed by atoms with Crippen LogP contribution in [-0.2, 0) is 20.6 Å². The summed E-state index contributed by atoms with van der Waals surface area (Å²) < 4.78 is 3.35.